The molecule has 4 nitrogen and oxygen atoms in total. The maximum absolute atomic E-state index is 5.67. The summed E-state index contributed by atoms with van der Waals surface area (Å²) < 4.78 is 22.7. The van der Waals surface area contributed by atoms with Crippen molar-refractivity contribution in [1.82, 2.24) is 0 Å². The van der Waals surface area contributed by atoms with Crippen molar-refractivity contribution >= 4 is 48.1 Å². The van der Waals surface area contributed by atoms with Crippen molar-refractivity contribution in [2.45, 2.75) is 26.2 Å². The Kier molecular flexibility index (Phi) is 8.84. The van der Waals surface area contributed by atoms with Gasteiger partial charge in [-0.2, -0.15) is 0 Å². The van der Waals surface area contributed by atoms with Crippen molar-refractivity contribution in [3.8, 4) is 0 Å². The summed E-state index contributed by atoms with van der Waals surface area (Å²) in [4.78, 5) is 0. The molecule has 0 bridgehead atoms. The van der Waals surface area contributed by atoms with Crippen LogP contribution in [0.4, 0.5) is 0 Å². The van der Waals surface area contributed by atoms with Gasteiger partial charge >= 0.3 is 9.05 Å². The van der Waals surface area contributed by atoms with Gasteiger partial charge in [-0.1, -0.05) is 26.2 Å². The van der Waals surface area contributed by atoms with E-state index < -0.39 is 48.1 Å². The Morgan fingerprint density at radius 3 is 1.00 bits per heavy atom. The molecule has 0 rings (SSSR count). The first kappa shape index (κ1) is 13.9. The molecule has 0 radical (unpaired) electrons. The lowest BCUT2D eigenvalue weighted by atomic mass is 11.9. The van der Waals surface area contributed by atoms with Gasteiger partial charge in [0, 0.05) is 0 Å². The van der Waals surface area contributed by atoms with Gasteiger partial charge in [0.1, 0.15) is 0 Å². The van der Waals surface area contributed by atoms with Crippen LogP contribution in [0.5, 0.6) is 0 Å². The van der Waals surface area contributed by atoms with Gasteiger partial charge < -0.3 is 16.5 Å². The molecular weight excluding hydrogens is 252 g/mol. The van der Waals surface area contributed by atoms with Crippen LogP contribution in [-0.2, 0) is 16.5 Å². The lowest BCUT2D eigenvalue weighted by Gasteiger charge is -2.28. The van der Waals surface area contributed by atoms with E-state index in [4.69, 9.17) is 16.5 Å². The van der Waals surface area contributed by atoms with E-state index in [1.54, 1.807) is 0 Å². The molecule has 0 aromatic carbocycles. The van der Waals surface area contributed by atoms with Crippen molar-refractivity contribution in [2.75, 3.05) is 0 Å². The SMILES string of the molecule is C[SiH2]O[Si](O[SiH2]C)(O[SiH2]C)O[SiH2]C. The molecular formula is C4H20O4Si5. The van der Waals surface area contributed by atoms with E-state index in [-0.39, 0.29) is 0 Å². The molecule has 0 N–H and O–H groups in total. The first-order chi connectivity index (χ1) is 6.24. The Morgan fingerprint density at radius 2 is 0.846 bits per heavy atom. The average molecular weight is 273 g/mol. The van der Waals surface area contributed by atoms with Crippen LogP contribution in [0.1, 0.15) is 0 Å². The van der Waals surface area contributed by atoms with Gasteiger partial charge in [-0.05, 0) is 0 Å². The Bertz CT molecular complexity index is 95.6. The van der Waals surface area contributed by atoms with Crippen LogP contribution in [0.2, 0.25) is 26.2 Å². The molecule has 0 unspecified atom stereocenters. The fraction of sp³-hybridized carbons (Fsp3) is 1.00. The maximum Gasteiger partial charge on any atom is 0.635 e. The molecule has 0 aliphatic rings. The maximum atomic E-state index is 5.67. The topological polar surface area (TPSA) is 36.9 Å². The number of hydrogen-bond acceptors (Lipinski definition) is 4. The predicted molar refractivity (Wildman–Crippen MR) is 67.7 cm³/mol. The van der Waals surface area contributed by atoms with Gasteiger partial charge in [-0.3, -0.25) is 0 Å². The van der Waals surface area contributed by atoms with Gasteiger partial charge in [-0.25, -0.2) is 0 Å². The van der Waals surface area contributed by atoms with Crippen LogP contribution in [-0.4, -0.2) is 48.1 Å². The summed E-state index contributed by atoms with van der Waals surface area (Å²) in [5, 5.41) is 0. The van der Waals surface area contributed by atoms with Crippen LogP contribution in [0.3, 0.4) is 0 Å². The highest BCUT2D eigenvalue weighted by molar-refractivity contribution is 6.71. The van der Waals surface area contributed by atoms with E-state index in [0.29, 0.717) is 0 Å². The van der Waals surface area contributed by atoms with Gasteiger partial charge in [0.15, 0.2) is 39.1 Å². The summed E-state index contributed by atoms with van der Waals surface area (Å²) in [5.74, 6) is 0. The lowest BCUT2D eigenvalue weighted by Crippen LogP contribution is -2.51. The minimum atomic E-state index is -2.55. The summed E-state index contributed by atoms with van der Waals surface area (Å²) in [5.41, 5.74) is 0. The van der Waals surface area contributed by atoms with Crippen LogP contribution in [0, 0.1) is 0 Å². The second-order valence-corrected chi connectivity index (χ2v) is 10.2. The second kappa shape index (κ2) is 8.25. The van der Waals surface area contributed by atoms with Gasteiger partial charge in [-0.15, -0.1) is 0 Å². The quantitative estimate of drug-likeness (QED) is 0.480. The zero-order valence-corrected chi connectivity index (χ0v) is 15.6. The zero-order valence-electron chi connectivity index (χ0n) is 8.96. The average Bonchev–Trinajstić information content (AvgIpc) is 2.06. The van der Waals surface area contributed by atoms with Gasteiger partial charge in [0.25, 0.3) is 0 Å². The molecule has 0 atom stereocenters. The third kappa shape index (κ3) is 5.38. The fourth-order valence-corrected chi connectivity index (χ4v) is 13.1. The molecule has 13 heavy (non-hydrogen) atoms. The Morgan fingerprint density at radius 1 is 0.615 bits per heavy atom. The van der Waals surface area contributed by atoms with Crippen LogP contribution < -0.4 is 0 Å². The molecule has 0 saturated carbocycles. The molecule has 0 heterocycles. The number of hydrogen-bond donors (Lipinski definition) is 0. The zero-order chi connectivity index (χ0) is 10.2. The minimum Gasteiger partial charge on any atom is -0.402 e. The van der Waals surface area contributed by atoms with E-state index in [0.717, 1.165) is 0 Å². The summed E-state index contributed by atoms with van der Waals surface area (Å²) in [6.07, 6.45) is 0. The monoisotopic (exact) mass is 272 g/mol. The lowest BCUT2D eigenvalue weighted by molar-refractivity contribution is 0.177. The highest BCUT2D eigenvalue weighted by Crippen LogP contribution is 2.08. The second-order valence-electron chi connectivity index (χ2n) is 2.23. The molecule has 80 valence electrons. The van der Waals surface area contributed by atoms with Crippen molar-refractivity contribution in [2.24, 2.45) is 0 Å². The van der Waals surface area contributed by atoms with Crippen molar-refractivity contribution < 1.29 is 16.5 Å². The molecule has 0 saturated heterocycles. The molecule has 0 aromatic heterocycles. The summed E-state index contributed by atoms with van der Waals surface area (Å²) in [6.45, 7) is 8.35. The van der Waals surface area contributed by atoms with E-state index in [9.17, 15) is 0 Å². The largest absolute Gasteiger partial charge is 0.635 e. The Labute approximate surface area is 91.0 Å². The molecule has 0 fully saturated rings. The molecule has 0 aliphatic heterocycles. The van der Waals surface area contributed by atoms with Crippen LogP contribution in [0.25, 0.3) is 0 Å². The van der Waals surface area contributed by atoms with Gasteiger partial charge in [0.05, 0.1) is 0 Å². The van der Waals surface area contributed by atoms with Crippen molar-refractivity contribution in [1.29, 1.82) is 0 Å². The fourth-order valence-electron chi connectivity index (χ4n) is 0.957. The highest BCUT2D eigenvalue weighted by Gasteiger charge is 2.41. The third-order valence-electron chi connectivity index (χ3n) is 1.28. The number of rotatable bonds is 8. The molecule has 0 aliphatic carbocycles. The van der Waals surface area contributed by atoms with Gasteiger partial charge in [0.2, 0.25) is 0 Å². The van der Waals surface area contributed by atoms with Crippen LogP contribution >= 0.6 is 0 Å². The smallest absolute Gasteiger partial charge is 0.402 e. The highest BCUT2D eigenvalue weighted by atomic mass is 28.5. The van der Waals surface area contributed by atoms with Crippen molar-refractivity contribution in [3.05, 3.63) is 0 Å². The molecule has 0 amide bonds. The third-order valence-corrected chi connectivity index (χ3v) is 11.6. The van der Waals surface area contributed by atoms with Crippen molar-refractivity contribution in [3.63, 3.8) is 0 Å². The van der Waals surface area contributed by atoms with E-state index in [2.05, 4.69) is 26.2 Å². The summed E-state index contributed by atoms with van der Waals surface area (Å²) in [7, 11) is -4.54. The minimum absolute atomic E-state index is 0.498. The normalized spacial score (nSPS) is 19.4. The Balaban J connectivity index is 4.19. The predicted octanol–water partition coefficient (Wildman–Crippen LogP) is -1.98. The molecule has 9 heteroatoms. The standard InChI is InChI=1S/C4H20O4Si5/c1-9-5-13(6-10-2,7-11-3)8-12-4/h9-12H2,1-4H3. The molecule has 0 spiro atoms. The van der Waals surface area contributed by atoms with E-state index in [1.807, 2.05) is 0 Å². The first-order valence-corrected chi connectivity index (χ1v) is 14.4. The van der Waals surface area contributed by atoms with E-state index in [1.165, 1.54) is 0 Å². The molecule has 0 aromatic rings. The summed E-state index contributed by atoms with van der Waals surface area (Å²) in [6, 6.07) is 0. The van der Waals surface area contributed by atoms with Crippen LogP contribution in [0.15, 0.2) is 0 Å². The Hall–Kier alpha value is 0.924. The summed E-state index contributed by atoms with van der Waals surface area (Å²) >= 11 is 0. The van der Waals surface area contributed by atoms with E-state index >= 15 is 0 Å². The first-order valence-electron chi connectivity index (χ1n) is 4.80.